The lowest BCUT2D eigenvalue weighted by Crippen LogP contribution is -2.27. The van der Waals surface area contributed by atoms with Gasteiger partial charge in [-0.3, -0.25) is 0 Å². The van der Waals surface area contributed by atoms with Crippen molar-refractivity contribution in [3.8, 4) is 6.07 Å². The van der Waals surface area contributed by atoms with E-state index in [1.165, 1.54) is 12.1 Å². The number of hydrogen-bond donors (Lipinski definition) is 1. The molecule has 0 saturated heterocycles. The minimum atomic E-state index is -0.562. The molecule has 0 radical (unpaired) electrons. The molecule has 1 aromatic rings. The van der Waals surface area contributed by atoms with E-state index in [-0.39, 0.29) is 5.92 Å². The van der Waals surface area contributed by atoms with Crippen LogP contribution in [0.1, 0.15) is 19.4 Å². The number of nitrogens with zero attached hydrogens (tertiary/aromatic N) is 1. The second-order valence-corrected chi connectivity index (χ2v) is 4.67. The molecule has 1 rings (SSSR count). The smallest absolute Gasteiger partial charge is 0.129 e. The fraction of sp³-hybridized carbons (Fsp3) is 0.500. The van der Waals surface area contributed by atoms with Gasteiger partial charge >= 0.3 is 0 Å². The molecule has 1 unspecified atom stereocenters. The van der Waals surface area contributed by atoms with Crippen LogP contribution in [0.5, 0.6) is 0 Å². The number of rotatable bonds is 6. The summed E-state index contributed by atoms with van der Waals surface area (Å²) in [7, 11) is 0. The molecule has 1 atom stereocenters. The monoisotopic (exact) mass is 252 g/mol. The van der Waals surface area contributed by atoms with Crippen LogP contribution in [0.2, 0.25) is 0 Å². The fourth-order valence-corrected chi connectivity index (χ4v) is 1.64. The van der Waals surface area contributed by atoms with E-state index in [0.29, 0.717) is 31.0 Å². The Morgan fingerprint density at radius 3 is 2.61 bits per heavy atom. The predicted octanol–water partition coefficient (Wildman–Crippen LogP) is 2.89. The van der Waals surface area contributed by atoms with Gasteiger partial charge in [0.25, 0.3) is 0 Å². The molecule has 2 nitrogen and oxygen atoms in total. The van der Waals surface area contributed by atoms with Crippen molar-refractivity contribution in [3.05, 3.63) is 35.4 Å². The van der Waals surface area contributed by atoms with Crippen LogP contribution in [0, 0.1) is 34.8 Å². The van der Waals surface area contributed by atoms with Gasteiger partial charge < -0.3 is 5.32 Å². The normalized spacial score (nSPS) is 12.4. The van der Waals surface area contributed by atoms with Gasteiger partial charge in [0.15, 0.2) is 0 Å². The van der Waals surface area contributed by atoms with Crippen molar-refractivity contribution >= 4 is 0 Å². The second kappa shape index (κ2) is 7.07. The molecule has 0 bridgehead atoms. The zero-order valence-electron chi connectivity index (χ0n) is 10.7. The molecule has 0 spiro atoms. The van der Waals surface area contributed by atoms with Gasteiger partial charge in [-0.25, -0.2) is 8.78 Å². The molecule has 1 aromatic carbocycles. The van der Waals surface area contributed by atoms with Crippen LogP contribution >= 0.6 is 0 Å². The molecule has 0 aliphatic carbocycles. The van der Waals surface area contributed by atoms with Crippen LogP contribution in [-0.2, 0) is 6.42 Å². The summed E-state index contributed by atoms with van der Waals surface area (Å²) < 4.78 is 26.0. The highest BCUT2D eigenvalue weighted by molar-refractivity contribution is 5.18. The van der Waals surface area contributed by atoms with Gasteiger partial charge in [-0.1, -0.05) is 19.9 Å². The summed E-state index contributed by atoms with van der Waals surface area (Å²) in [6.45, 7) is 5.16. The number of halogens is 2. The number of benzene rings is 1. The lowest BCUT2D eigenvalue weighted by molar-refractivity contribution is 0.443. The average Bonchev–Trinajstić information content (AvgIpc) is 2.31. The van der Waals surface area contributed by atoms with Gasteiger partial charge in [0.1, 0.15) is 11.6 Å². The Hall–Kier alpha value is -1.47. The van der Waals surface area contributed by atoms with Gasteiger partial charge in [0.2, 0.25) is 0 Å². The van der Waals surface area contributed by atoms with Crippen molar-refractivity contribution in [2.24, 2.45) is 11.8 Å². The third-order valence-corrected chi connectivity index (χ3v) is 2.92. The first-order valence-electron chi connectivity index (χ1n) is 6.09. The van der Waals surface area contributed by atoms with Gasteiger partial charge in [0, 0.05) is 12.6 Å². The average molecular weight is 252 g/mol. The van der Waals surface area contributed by atoms with E-state index < -0.39 is 11.6 Å². The molecule has 0 amide bonds. The van der Waals surface area contributed by atoms with E-state index >= 15 is 0 Å². The zero-order chi connectivity index (χ0) is 13.5. The van der Waals surface area contributed by atoms with E-state index in [1.807, 2.05) is 13.8 Å². The summed E-state index contributed by atoms with van der Waals surface area (Å²) in [6, 6.07) is 5.83. The molecule has 0 heterocycles. The minimum absolute atomic E-state index is 0.0388. The summed E-state index contributed by atoms with van der Waals surface area (Å²) in [5.41, 5.74) is 0.488. The molecule has 98 valence electrons. The molecule has 0 fully saturated rings. The molecular weight excluding hydrogens is 234 g/mol. The summed E-state index contributed by atoms with van der Waals surface area (Å²) >= 11 is 0. The molecular formula is C14H18F2N2. The standard InChI is InChI=1S/C14H18F2N2/c1-10(2)12(8-17)9-18-6-5-11-3-4-13(15)7-14(11)16/h3-4,7,10,12,18H,5-6,9H2,1-2H3. The Labute approximate surface area is 107 Å². The van der Waals surface area contributed by atoms with Crippen LogP contribution in [0.3, 0.4) is 0 Å². The minimum Gasteiger partial charge on any atom is -0.315 e. The first-order valence-corrected chi connectivity index (χ1v) is 6.09. The molecule has 0 aromatic heterocycles. The molecule has 1 N–H and O–H groups in total. The van der Waals surface area contributed by atoms with E-state index in [9.17, 15) is 8.78 Å². The van der Waals surface area contributed by atoms with Crippen LogP contribution < -0.4 is 5.32 Å². The van der Waals surface area contributed by atoms with Crippen molar-refractivity contribution in [1.82, 2.24) is 5.32 Å². The summed E-state index contributed by atoms with van der Waals surface area (Å²) in [6.07, 6.45) is 0.488. The van der Waals surface area contributed by atoms with Gasteiger partial charge in [0.05, 0.1) is 12.0 Å². The quantitative estimate of drug-likeness (QED) is 0.790. The summed E-state index contributed by atoms with van der Waals surface area (Å²) in [4.78, 5) is 0. The van der Waals surface area contributed by atoms with Crippen LogP contribution in [0.25, 0.3) is 0 Å². The van der Waals surface area contributed by atoms with Gasteiger partial charge in [-0.2, -0.15) is 5.26 Å². The molecule has 0 aliphatic heterocycles. The molecule has 0 aliphatic rings. The third kappa shape index (κ3) is 4.42. The molecule has 4 heteroatoms. The number of nitrogens with one attached hydrogen (secondary N) is 1. The first-order chi connectivity index (χ1) is 8.54. The molecule has 18 heavy (non-hydrogen) atoms. The van der Waals surface area contributed by atoms with E-state index in [2.05, 4.69) is 11.4 Å². The Morgan fingerprint density at radius 2 is 2.06 bits per heavy atom. The van der Waals surface area contributed by atoms with Crippen molar-refractivity contribution in [2.45, 2.75) is 20.3 Å². The SMILES string of the molecule is CC(C)C(C#N)CNCCc1ccc(F)cc1F. The fourth-order valence-electron chi connectivity index (χ4n) is 1.64. The number of nitriles is 1. The van der Waals surface area contributed by atoms with Crippen molar-refractivity contribution in [3.63, 3.8) is 0 Å². The van der Waals surface area contributed by atoms with Crippen LogP contribution in [0.4, 0.5) is 8.78 Å². The second-order valence-electron chi connectivity index (χ2n) is 4.67. The third-order valence-electron chi connectivity index (χ3n) is 2.92. The summed E-state index contributed by atoms with van der Waals surface area (Å²) in [5, 5.41) is 12.0. The highest BCUT2D eigenvalue weighted by Gasteiger charge is 2.11. The molecule has 0 saturated carbocycles. The van der Waals surface area contributed by atoms with E-state index in [1.54, 1.807) is 0 Å². The lowest BCUT2D eigenvalue weighted by atomic mass is 9.97. The number of hydrogen-bond acceptors (Lipinski definition) is 2. The van der Waals surface area contributed by atoms with Crippen LogP contribution in [0.15, 0.2) is 18.2 Å². The van der Waals surface area contributed by atoms with E-state index in [0.717, 1.165) is 6.07 Å². The predicted molar refractivity (Wildman–Crippen MR) is 66.9 cm³/mol. The van der Waals surface area contributed by atoms with Crippen molar-refractivity contribution in [2.75, 3.05) is 13.1 Å². The van der Waals surface area contributed by atoms with Gasteiger partial charge in [-0.05, 0) is 30.5 Å². The van der Waals surface area contributed by atoms with Gasteiger partial charge in [-0.15, -0.1) is 0 Å². The largest absolute Gasteiger partial charge is 0.315 e. The topological polar surface area (TPSA) is 35.8 Å². The Morgan fingerprint density at radius 1 is 1.33 bits per heavy atom. The maximum atomic E-state index is 13.3. The van der Waals surface area contributed by atoms with Crippen molar-refractivity contribution in [1.29, 1.82) is 5.26 Å². The maximum Gasteiger partial charge on any atom is 0.129 e. The highest BCUT2D eigenvalue weighted by atomic mass is 19.1. The Bertz CT molecular complexity index is 424. The highest BCUT2D eigenvalue weighted by Crippen LogP contribution is 2.10. The Kier molecular flexibility index (Phi) is 5.73. The maximum absolute atomic E-state index is 13.3. The zero-order valence-corrected chi connectivity index (χ0v) is 10.7. The van der Waals surface area contributed by atoms with E-state index in [4.69, 9.17) is 5.26 Å². The van der Waals surface area contributed by atoms with Crippen molar-refractivity contribution < 1.29 is 8.78 Å². The van der Waals surface area contributed by atoms with Crippen LogP contribution in [-0.4, -0.2) is 13.1 Å². The lowest BCUT2D eigenvalue weighted by Gasteiger charge is -2.13. The first kappa shape index (κ1) is 14.6. The Balaban J connectivity index is 2.36. The summed E-state index contributed by atoms with van der Waals surface area (Å²) in [5.74, 6) is -0.820.